The van der Waals surface area contributed by atoms with Gasteiger partial charge < -0.3 is 4.90 Å². The van der Waals surface area contributed by atoms with Gasteiger partial charge in [0.25, 0.3) is 5.56 Å². The standard InChI is InChI=1S/C24H23N3O2S/c1-16-9-10-19(11-17(16)2)20-14-30-23-22(20)24(29)27(15-25-23)13-21(28)26(3)12-18-7-5-4-6-8-18/h4-11,14-15H,12-13H2,1-3H3. The van der Waals surface area contributed by atoms with Gasteiger partial charge in [-0.25, -0.2) is 4.98 Å². The van der Waals surface area contributed by atoms with E-state index in [0.717, 1.165) is 16.7 Å². The van der Waals surface area contributed by atoms with Crippen molar-refractivity contribution in [2.75, 3.05) is 7.05 Å². The van der Waals surface area contributed by atoms with Gasteiger partial charge >= 0.3 is 0 Å². The summed E-state index contributed by atoms with van der Waals surface area (Å²) >= 11 is 1.45. The van der Waals surface area contributed by atoms with E-state index in [1.54, 1.807) is 11.9 Å². The molecule has 0 aliphatic heterocycles. The van der Waals surface area contributed by atoms with Crippen molar-refractivity contribution in [1.82, 2.24) is 14.5 Å². The summed E-state index contributed by atoms with van der Waals surface area (Å²) in [5.41, 5.74) is 5.11. The Hall–Kier alpha value is -3.25. The lowest BCUT2D eigenvalue weighted by Crippen LogP contribution is -2.33. The van der Waals surface area contributed by atoms with Gasteiger partial charge in [-0.05, 0) is 36.1 Å². The van der Waals surface area contributed by atoms with Crippen LogP contribution in [0.1, 0.15) is 16.7 Å². The molecule has 30 heavy (non-hydrogen) atoms. The van der Waals surface area contributed by atoms with Crippen molar-refractivity contribution in [1.29, 1.82) is 0 Å². The molecule has 0 spiro atoms. The largest absolute Gasteiger partial charge is 0.340 e. The van der Waals surface area contributed by atoms with Gasteiger partial charge in [-0.3, -0.25) is 14.2 Å². The number of aromatic nitrogens is 2. The Kier molecular flexibility index (Phi) is 5.50. The zero-order valence-corrected chi connectivity index (χ0v) is 18.1. The number of hydrogen-bond donors (Lipinski definition) is 0. The summed E-state index contributed by atoms with van der Waals surface area (Å²) in [6.07, 6.45) is 1.47. The Labute approximate surface area is 179 Å². The van der Waals surface area contributed by atoms with E-state index >= 15 is 0 Å². The van der Waals surface area contributed by atoms with Gasteiger partial charge in [0.1, 0.15) is 11.4 Å². The molecule has 0 aliphatic rings. The van der Waals surface area contributed by atoms with Crippen LogP contribution in [0.2, 0.25) is 0 Å². The summed E-state index contributed by atoms with van der Waals surface area (Å²) < 4.78 is 1.41. The van der Waals surface area contributed by atoms with Crippen LogP contribution < -0.4 is 5.56 Å². The lowest BCUT2D eigenvalue weighted by Gasteiger charge is -2.18. The summed E-state index contributed by atoms with van der Waals surface area (Å²) in [7, 11) is 1.75. The second-order valence-corrected chi connectivity index (χ2v) is 8.40. The predicted molar refractivity (Wildman–Crippen MR) is 122 cm³/mol. The summed E-state index contributed by atoms with van der Waals surface area (Å²) in [5.74, 6) is -0.134. The highest BCUT2D eigenvalue weighted by Crippen LogP contribution is 2.31. The fourth-order valence-corrected chi connectivity index (χ4v) is 4.32. The van der Waals surface area contributed by atoms with Crippen molar-refractivity contribution in [3.63, 3.8) is 0 Å². The molecule has 0 saturated heterocycles. The van der Waals surface area contributed by atoms with E-state index in [9.17, 15) is 9.59 Å². The summed E-state index contributed by atoms with van der Waals surface area (Å²) in [6, 6.07) is 16.0. The smallest absolute Gasteiger partial charge is 0.263 e. The highest BCUT2D eigenvalue weighted by molar-refractivity contribution is 7.17. The Balaban J connectivity index is 1.64. The third-order valence-corrected chi connectivity index (χ3v) is 6.26. The lowest BCUT2D eigenvalue weighted by atomic mass is 10.0. The number of rotatable bonds is 5. The number of nitrogens with zero attached hydrogens (tertiary/aromatic N) is 3. The Morgan fingerprint density at radius 3 is 2.60 bits per heavy atom. The minimum atomic E-state index is -0.184. The molecule has 0 bridgehead atoms. The lowest BCUT2D eigenvalue weighted by molar-refractivity contribution is -0.131. The fraction of sp³-hybridized carbons (Fsp3) is 0.208. The molecule has 4 aromatic rings. The number of hydrogen-bond acceptors (Lipinski definition) is 4. The molecule has 0 fully saturated rings. The number of carbonyl (C=O) groups is 1. The normalized spacial score (nSPS) is 11.0. The van der Waals surface area contributed by atoms with E-state index in [0.29, 0.717) is 16.8 Å². The average Bonchev–Trinajstić information content (AvgIpc) is 3.17. The maximum Gasteiger partial charge on any atom is 0.263 e. The molecule has 2 aromatic heterocycles. The molecule has 2 heterocycles. The van der Waals surface area contributed by atoms with Crippen molar-refractivity contribution in [2.45, 2.75) is 26.9 Å². The second-order valence-electron chi connectivity index (χ2n) is 7.54. The molecule has 0 radical (unpaired) electrons. The molecule has 6 heteroatoms. The molecule has 0 unspecified atom stereocenters. The Bertz CT molecular complexity index is 1270. The molecule has 0 saturated carbocycles. The van der Waals surface area contributed by atoms with Crippen LogP contribution in [0.15, 0.2) is 65.0 Å². The minimum absolute atomic E-state index is 0.0344. The predicted octanol–water partition coefficient (Wildman–Crippen LogP) is 4.40. The van der Waals surface area contributed by atoms with Crippen LogP contribution in [0, 0.1) is 13.8 Å². The third kappa shape index (κ3) is 3.91. The summed E-state index contributed by atoms with van der Waals surface area (Å²) in [5, 5.41) is 2.54. The molecule has 0 N–H and O–H groups in total. The van der Waals surface area contributed by atoms with Crippen LogP contribution >= 0.6 is 11.3 Å². The van der Waals surface area contributed by atoms with Crippen LogP contribution in [0.3, 0.4) is 0 Å². The highest BCUT2D eigenvalue weighted by atomic mass is 32.1. The van der Waals surface area contributed by atoms with Crippen molar-refractivity contribution < 1.29 is 4.79 Å². The SMILES string of the molecule is Cc1ccc(-c2csc3ncn(CC(=O)N(C)Cc4ccccc4)c(=O)c23)cc1C. The topological polar surface area (TPSA) is 55.2 Å². The van der Waals surface area contributed by atoms with Gasteiger partial charge in [-0.15, -0.1) is 11.3 Å². The third-order valence-electron chi connectivity index (χ3n) is 5.37. The molecule has 0 aliphatic carbocycles. The maximum absolute atomic E-state index is 13.2. The first-order chi connectivity index (χ1) is 14.4. The molecule has 5 nitrogen and oxygen atoms in total. The van der Waals surface area contributed by atoms with E-state index in [2.05, 4.69) is 31.0 Å². The molecule has 1 amide bonds. The highest BCUT2D eigenvalue weighted by Gasteiger charge is 2.16. The van der Waals surface area contributed by atoms with Crippen molar-refractivity contribution in [3.8, 4) is 11.1 Å². The quantitative estimate of drug-likeness (QED) is 0.484. The van der Waals surface area contributed by atoms with Crippen LogP contribution in [0.4, 0.5) is 0 Å². The molecule has 2 aromatic carbocycles. The Morgan fingerprint density at radius 1 is 1.10 bits per heavy atom. The van der Waals surface area contributed by atoms with Crippen LogP contribution in [0.25, 0.3) is 21.3 Å². The van der Waals surface area contributed by atoms with Crippen molar-refractivity contribution in [3.05, 3.63) is 87.3 Å². The first-order valence-corrected chi connectivity index (χ1v) is 10.6. The van der Waals surface area contributed by atoms with Crippen LogP contribution in [-0.2, 0) is 17.9 Å². The van der Waals surface area contributed by atoms with E-state index in [-0.39, 0.29) is 18.0 Å². The molecule has 0 atom stereocenters. The summed E-state index contributed by atoms with van der Waals surface area (Å²) in [4.78, 5) is 32.7. The van der Waals surface area contributed by atoms with E-state index in [1.165, 1.54) is 33.4 Å². The van der Waals surface area contributed by atoms with Gasteiger partial charge in [0, 0.05) is 24.5 Å². The second kappa shape index (κ2) is 8.24. The number of thiophene rings is 1. The van der Waals surface area contributed by atoms with Gasteiger partial charge in [0.05, 0.1) is 11.7 Å². The van der Waals surface area contributed by atoms with Crippen LogP contribution in [-0.4, -0.2) is 27.4 Å². The average molecular weight is 418 g/mol. The molecule has 152 valence electrons. The number of aryl methyl sites for hydroxylation is 2. The number of fused-ring (bicyclic) bond motifs is 1. The number of amides is 1. The number of likely N-dealkylation sites (N-methyl/N-ethyl adjacent to an activating group) is 1. The first kappa shape index (κ1) is 20.0. The minimum Gasteiger partial charge on any atom is -0.340 e. The van der Waals surface area contributed by atoms with Gasteiger partial charge in [0.2, 0.25) is 5.91 Å². The summed E-state index contributed by atoms with van der Waals surface area (Å²) in [6.45, 7) is 4.59. The fourth-order valence-electron chi connectivity index (χ4n) is 3.41. The van der Waals surface area contributed by atoms with E-state index in [1.807, 2.05) is 41.8 Å². The first-order valence-electron chi connectivity index (χ1n) is 9.76. The number of carbonyl (C=O) groups excluding carboxylic acids is 1. The zero-order chi connectivity index (χ0) is 21.3. The monoisotopic (exact) mass is 417 g/mol. The van der Waals surface area contributed by atoms with E-state index < -0.39 is 0 Å². The van der Waals surface area contributed by atoms with Crippen LogP contribution in [0.5, 0.6) is 0 Å². The van der Waals surface area contributed by atoms with E-state index in [4.69, 9.17) is 0 Å². The van der Waals surface area contributed by atoms with Gasteiger partial charge in [-0.2, -0.15) is 0 Å². The van der Waals surface area contributed by atoms with Gasteiger partial charge in [0.15, 0.2) is 0 Å². The van der Waals surface area contributed by atoms with Crippen molar-refractivity contribution in [2.24, 2.45) is 0 Å². The molecular weight excluding hydrogens is 394 g/mol. The zero-order valence-electron chi connectivity index (χ0n) is 17.3. The maximum atomic E-state index is 13.2. The van der Waals surface area contributed by atoms with Crippen molar-refractivity contribution >= 4 is 27.5 Å². The molecular formula is C24H23N3O2S. The molecule has 4 rings (SSSR count). The number of benzene rings is 2. The van der Waals surface area contributed by atoms with Gasteiger partial charge in [-0.1, -0.05) is 48.5 Å². The Morgan fingerprint density at radius 2 is 1.87 bits per heavy atom.